The van der Waals surface area contributed by atoms with Crippen LogP contribution >= 0.6 is 22.7 Å². The molecule has 6 nitrogen and oxygen atoms in total. The van der Waals surface area contributed by atoms with E-state index < -0.39 is 0 Å². The molecule has 0 fully saturated rings. The molecule has 1 aliphatic carbocycles. The number of rotatable bonds is 5. The zero-order valence-corrected chi connectivity index (χ0v) is 16.1. The maximum atomic E-state index is 9.22. The first-order valence-electron chi connectivity index (χ1n) is 8.82. The molecule has 0 aliphatic heterocycles. The van der Waals surface area contributed by atoms with Gasteiger partial charge in [-0.15, -0.1) is 22.7 Å². The van der Waals surface area contributed by atoms with E-state index in [0.717, 1.165) is 39.4 Å². The zero-order chi connectivity index (χ0) is 18.2. The second-order valence-electron chi connectivity index (χ2n) is 6.42. The predicted molar refractivity (Wildman–Crippen MR) is 108 cm³/mol. The van der Waals surface area contributed by atoms with Crippen LogP contribution in [-0.2, 0) is 26.0 Å². The number of nitrogens with one attached hydrogen (secondary N) is 1. The Morgan fingerprint density at radius 1 is 1.19 bits per heavy atom. The quantitative estimate of drug-likeness (QED) is 0.535. The summed E-state index contributed by atoms with van der Waals surface area (Å²) in [6, 6.07) is 3.88. The van der Waals surface area contributed by atoms with Gasteiger partial charge in [0.25, 0.3) is 0 Å². The lowest BCUT2D eigenvalue weighted by Gasteiger charge is -2.09. The number of thiazole rings is 1. The molecule has 0 atom stereocenters. The average Bonchev–Trinajstić information content (AvgIpc) is 3.42. The van der Waals surface area contributed by atoms with Crippen molar-refractivity contribution in [2.24, 2.45) is 0 Å². The largest absolute Gasteiger partial charge is 0.390 e. The van der Waals surface area contributed by atoms with Crippen LogP contribution in [0.1, 0.15) is 27.6 Å². The van der Waals surface area contributed by atoms with Gasteiger partial charge in [0.2, 0.25) is 0 Å². The van der Waals surface area contributed by atoms with Gasteiger partial charge >= 0.3 is 0 Å². The second-order valence-corrected chi connectivity index (χ2v) is 8.45. The number of aryl methyl sites for hydroxylation is 2. The van der Waals surface area contributed by atoms with Crippen LogP contribution in [0.2, 0.25) is 0 Å². The summed E-state index contributed by atoms with van der Waals surface area (Å²) in [4.78, 5) is 20.7. The predicted octanol–water partition coefficient (Wildman–Crippen LogP) is 3.80. The Balaban J connectivity index is 1.57. The van der Waals surface area contributed by atoms with Gasteiger partial charge in [-0.3, -0.25) is 4.98 Å². The highest BCUT2D eigenvalue weighted by Gasteiger charge is 2.22. The van der Waals surface area contributed by atoms with Crippen molar-refractivity contribution in [1.29, 1.82) is 0 Å². The molecule has 0 bridgehead atoms. The number of pyridine rings is 1. The van der Waals surface area contributed by atoms with E-state index in [2.05, 4.69) is 15.3 Å². The van der Waals surface area contributed by atoms with Gasteiger partial charge in [0.15, 0.2) is 5.82 Å². The number of nitrogens with zero attached hydrogens (tertiary/aromatic N) is 4. The number of aliphatic hydroxyl groups excluding tert-OH is 1. The number of aromatic nitrogens is 4. The summed E-state index contributed by atoms with van der Waals surface area (Å²) in [5.41, 5.74) is 3.01. The first kappa shape index (κ1) is 16.7. The van der Waals surface area contributed by atoms with E-state index in [1.54, 1.807) is 35.1 Å². The van der Waals surface area contributed by atoms with Crippen LogP contribution in [0.25, 0.3) is 21.6 Å². The van der Waals surface area contributed by atoms with E-state index >= 15 is 0 Å². The van der Waals surface area contributed by atoms with Crippen molar-refractivity contribution >= 4 is 38.7 Å². The molecule has 0 aromatic carbocycles. The number of thiophene rings is 1. The van der Waals surface area contributed by atoms with Crippen molar-refractivity contribution in [3.8, 4) is 11.4 Å². The Morgan fingerprint density at radius 3 is 2.96 bits per heavy atom. The lowest BCUT2D eigenvalue weighted by molar-refractivity contribution is 0.277. The Hall–Kier alpha value is -2.42. The summed E-state index contributed by atoms with van der Waals surface area (Å²) in [5, 5.41) is 16.7. The highest BCUT2D eigenvalue weighted by atomic mass is 32.1. The summed E-state index contributed by atoms with van der Waals surface area (Å²) in [7, 11) is 0. The summed E-state index contributed by atoms with van der Waals surface area (Å²) < 4.78 is 0. The van der Waals surface area contributed by atoms with Gasteiger partial charge in [-0.25, -0.2) is 15.0 Å². The van der Waals surface area contributed by atoms with Gasteiger partial charge < -0.3 is 10.4 Å². The smallest absolute Gasteiger partial charge is 0.164 e. The number of hydrogen-bond donors (Lipinski definition) is 2. The molecule has 4 aromatic rings. The van der Waals surface area contributed by atoms with E-state index in [-0.39, 0.29) is 6.61 Å². The van der Waals surface area contributed by atoms with Crippen molar-refractivity contribution in [1.82, 2.24) is 19.9 Å². The molecule has 136 valence electrons. The molecular weight excluding hydrogens is 378 g/mol. The minimum atomic E-state index is -0.0303. The lowest BCUT2D eigenvalue weighted by atomic mass is 10.2. The first-order valence-corrected chi connectivity index (χ1v) is 10.5. The summed E-state index contributed by atoms with van der Waals surface area (Å²) in [6.07, 6.45) is 6.96. The minimum absolute atomic E-state index is 0.0303. The van der Waals surface area contributed by atoms with Crippen molar-refractivity contribution in [2.45, 2.75) is 32.4 Å². The van der Waals surface area contributed by atoms with Crippen LogP contribution in [0.3, 0.4) is 0 Å². The van der Waals surface area contributed by atoms with Crippen molar-refractivity contribution in [2.75, 3.05) is 5.32 Å². The molecule has 2 N–H and O–H groups in total. The molecule has 4 heterocycles. The van der Waals surface area contributed by atoms with Crippen molar-refractivity contribution in [3.05, 3.63) is 51.0 Å². The van der Waals surface area contributed by atoms with Gasteiger partial charge in [0.1, 0.15) is 15.7 Å². The van der Waals surface area contributed by atoms with Gasteiger partial charge in [-0.2, -0.15) is 0 Å². The fourth-order valence-corrected chi connectivity index (χ4v) is 5.40. The molecular formula is C19H17N5OS2. The van der Waals surface area contributed by atoms with Gasteiger partial charge in [-0.05, 0) is 37.0 Å². The summed E-state index contributed by atoms with van der Waals surface area (Å²) in [6.45, 7) is 0.547. The normalized spacial score (nSPS) is 13.2. The Kier molecular flexibility index (Phi) is 4.31. The van der Waals surface area contributed by atoms with E-state index in [1.807, 2.05) is 17.5 Å². The Bertz CT molecular complexity index is 1110. The van der Waals surface area contributed by atoms with E-state index in [9.17, 15) is 5.11 Å². The number of anilines is 1. The average molecular weight is 396 g/mol. The first-order chi connectivity index (χ1) is 13.3. The Labute approximate surface area is 164 Å². The molecule has 1 aliphatic rings. The lowest BCUT2D eigenvalue weighted by Crippen LogP contribution is -2.04. The zero-order valence-electron chi connectivity index (χ0n) is 14.5. The van der Waals surface area contributed by atoms with Gasteiger partial charge in [0.05, 0.1) is 24.2 Å². The fourth-order valence-electron chi connectivity index (χ4n) is 3.41. The molecule has 4 aromatic heterocycles. The third-order valence-electron chi connectivity index (χ3n) is 4.65. The SMILES string of the molecule is OCc1csc(CNc2nc(-c3cccnc3)nc3sc4c(c23)CCC4)n1. The monoisotopic (exact) mass is 395 g/mol. The highest BCUT2D eigenvalue weighted by Crippen LogP contribution is 2.40. The number of aliphatic hydroxyl groups is 1. The maximum Gasteiger partial charge on any atom is 0.164 e. The third-order valence-corrected chi connectivity index (χ3v) is 6.74. The van der Waals surface area contributed by atoms with Crippen molar-refractivity contribution < 1.29 is 5.11 Å². The summed E-state index contributed by atoms with van der Waals surface area (Å²) in [5.74, 6) is 1.55. The van der Waals surface area contributed by atoms with E-state index in [4.69, 9.17) is 9.97 Å². The highest BCUT2D eigenvalue weighted by molar-refractivity contribution is 7.19. The van der Waals surface area contributed by atoms with Gasteiger partial charge in [-0.1, -0.05) is 0 Å². The molecule has 0 saturated carbocycles. The maximum absolute atomic E-state index is 9.22. The molecule has 0 unspecified atom stereocenters. The number of hydrogen-bond acceptors (Lipinski definition) is 8. The van der Waals surface area contributed by atoms with Crippen LogP contribution < -0.4 is 5.32 Å². The van der Waals surface area contributed by atoms with Crippen LogP contribution in [0.15, 0.2) is 29.9 Å². The molecule has 0 amide bonds. The van der Waals surface area contributed by atoms with Crippen molar-refractivity contribution in [3.63, 3.8) is 0 Å². The number of fused-ring (bicyclic) bond motifs is 3. The van der Waals surface area contributed by atoms with E-state index in [0.29, 0.717) is 18.1 Å². The molecule has 27 heavy (non-hydrogen) atoms. The van der Waals surface area contributed by atoms with Crippen LogP contribution in [-0.4, -0.2) is 25.0 Å². The molecule has 0 radical (unpaired) electrons. The molecule has 0 saturated heterocycles. The minimum Gasteiger partial charge on any atom is -0.390 e. The molecule has 5 rings (SSSR count). The fraction of sp³-hybridized carbons (Fsp3) is 0.263. The van der Waals surface area contributed by atoms with E-state index in [1.165, 1.54) is 16.9 Å². The van der Waals surface area contributed by atoms with Crippen LogP contribution in [0.5, 0.6) is 0 Å². The van der Waals surface area contributed by atoms with Gasteiger partial charge in [0, 0.05) is 28.2 Å². The molecule has 8 heteroatoms. The summed E-state index contributed by atoms with van der Waals surface area (Å²) >= 11 is 3.32. The molecule has 0 spiro atoms. The van der Waals surface area contributed by atoms with Crippen LogP contribution in [0.4, 0.5) is 5.82 Å². The third kappa shape index (κ3) is 3.09. The van der Waals surface area contributed by atoms with Crippen LogP contribution in [0, 0.1) is 0 Å². The topological polar surface area (TPSA) is 83.8 Å². The second kappa shape index (κ2) is 6.95. The standard InChI is InChI=1S/C19H17N5OS2/c25-9-12-10-26-15(22-12)8-21-18-16-13-4-1-5-14(13)27-19(16)24-17(23-18)11-3-2-6-20-7-11/h2-3,6-7,10,25H,1,4-5,8-9H2,(H,21,23,24). The Morgan fingerprint density at radius 2 is 2.15 bits per heavy atom.